The van der Waals surface area contributed by atoms with Crippen molar-refractivity contribution in [1.82, 2.24) is 34.7 Å². The summed E-state index contributed by atoms with van der Waals surface area (Å²) in [5.74, 6) is 0.218. The summed E-state index contributed by atoms with van der Waals surface area (Å²) in [6, 6.07) is 47.3. The molecule has 0 radical (unpaired) electrons. The van der Waals surface area contributed by atoms with E-state index in [0.717, 1.165) is 51.8 Å². The molecule has 0 saturated carbocycles. The molecule has 7 rings (SSSR count). The Morgan fingerprint density at radius 3 is 1.91 bits per heavy atom. The predicted octanol–water partition coefficient (Wildman–Crippen LogP) is 7.73. The van der Waals surface area contributed by atoms with Gasteiger partial charge < -0.3 is 9.64 Å². The van der Waals surface area contributed by atoms with Gasteiger partial charge in [0, 0.05) is 31.6 Å². The Morgan fingerprint density at radius 1 is 0.793 bits per heavy atom. The van der Waals surface area contributed by atoms with Crippen LogP contribution in [0.4, 0.5) is 5.95 Å². The van der Waals surface area contributed by atoms with Crippen molar-refractivity contribution in [3.05, 3.63) is 183 Å². The van der Waals surface area contributed by atoms with Crippen LogP contribution in [0.1, 0.15) is 53.3 Å². The summed E-state index contributed by atoms with van der Waals surface area (Å²) in [4.78, 5) is 37.6. The number of hydrogen-bond acceptors (Lipinski definition) is 8. The number of aromatic nitrogens is 6. The van der Waals surface area contributed by atoms with Crippen molar-refractivity contribution in [2.75, 3.05) is 21.2 Å². The van der Waals surface area contributed by atoms with E-state index >= 15 is 0 Å². The highest BCUT2D eigenvalue weighted by Crippen LogP contribution is 2.43. The van der Waals surface area contributed by atoms with Crippen molar-refractivity contribution in [3.8, 4) is 22.5 Å². The summed E-state index contributed by atoms with van der Waals surface area (Å²) >= 11 is 0. The molecule has 11 heteroatoms. The number of carbonyl (C=O) groups excluding carboxylic acids is 1. The maximum atomic E-state index is 14.2. The number of hydrogen-bond donors (Lipinski definition) is 0. The van der Waals surface area contributed by atoms with E-state index in [4.69, 9.17) is 20.0 Å². The van der Waals surface area contributed by atoms with Gasteiger partial charge >= 0.3 is 5.97 Å². The van der Waals surface area contributed by atoms with Gasteiger partial charge in [-0.2, -0.15) is 0 Å². The fourth-order valence-corrected chi connectivity index (χ4v) is 7.38. The highest BCUT2D eigenvalue weighted by atomic mass is 16.5. The average Bonchev–Trinajstić information content (AvgIpc) is 3.76. The van der Waals surface area contributed by atoms with Crippen molar-refractivity contribution < 1.29 is 9.53 Å². The van der Waals surface area contributed by atoms with Gasteiger partial charge in [-0.25, -0.2) is 14.7 Å². The van der Waals surface area contributed by atoms with Crippen LogP contribution >= 0.6 is 0 Å². The number of methoxy groups -OCH3 is 1. The van der Waals surface area contributed by atoms with E-state index in [1.807, 2.05) is 104 Å². The van der Waals surface area contributed by atoms with Gasteiger partial charge in [0.15, 0.2) is 5.82 Å². The van der Waals surface area contributed by atoms with Crippen LogP contribution < -0.4 is 5.56 Å². The summed E-state index contributed by atoms with van der Waals surface area (Å²) in [6.45, 7) is 1.81. The number of ether oxygens (including phenoxy) is 1. The molecule has 5 aromatic carbocycles. The predicted molar refractivity (Wildman–Crippen MR) is 227 cm³/mol. The van der Waals surface area contributed by atoms with Gasteiger partial charge in [-0.15, -0.1) is 5.10 Å². The fraction of sp³-hybridized carbons (Fsp3) is 0.213. The molecule has 292 valence electrons. The van der Waals surface area contributed by atoms with Crippen LogP contribution in [-0.4, -0.2) is 68.2 Å². The number of nitrogens with zero attached hydrogens (tertiary/aromatic N) is 8. The van der Waals surface area contributed by atoms with Gasteiger partial charge in [0.1, 0.15) is 12.1 Å². The van der Waals surface area contributed by atoms with Gasteiger partial charge in [0.2, 0.25) is 5.95 Å². The van der Waals surface area contributed by atoms with Crippen molar-refractivity contribution >= 4 is 18.3 Å². The van der Waals surface area contributed by atoms with Crippen molar-refractivity contribution in [1.29, 1.82) is 0 Å². The Morgan fingerprint density at radius 2 is 1.36 bits per heavy atom. The van der Waals surface area contributed by atoms with Crippen LogP contribution in [0.2, 0.25) is 0 Å². The molecule has 0 unspecified atom stereocenters. The first-order valence-electron chi connectivity index (χ1n) is 19.4. The van der Waals surface area contributed by atoms with Crippen LogP contribution in [0, 0.1) is 0 Å². The monoisotopic (exact) mass is 770 g/mol. The zero-order valence-corrected chi connectivity index (χ0v) is 33.2. The number of esters is 1. The molecular formula is C47H46N8O3. The summed E-state index contributed by atoms with van der Waals surface area (Å²) in [5, 5.41) is 13.8. The lowest BCUT2D eigenvalue weighted by molar-refractivity contribution is -0.141. The van der Waals surface area contributed by atoms with Crippen molar-refractivity contribution in [2.24, 2.45) is 4.99 Å². The molecule has 0 fully saturated rings. The van der Waals surface area contributed by atoms with E-state index < -0.39 is 11.5 Å². The van der Waals surface area contributed by atoms with Gasteiger partial charge in [0.25, 0.3) is 5.56 Å². The molecule has 0 bridgehead atoms. The summed E-state index contributed by atoms with van der Waals surface area (Å²) in [5.41, 5.74) is 6.73. The van der Waals surface area contributed by atoms with Crippen molar-refractivity contribution in [2.45, 2.75) is 44.7 Å². The quantitative estimate of drug-likeness (QED) is 0.0450. The Kier molecular flexibility index (Phi) is 12.1. The maximum Gasteiger partial charge on any atom is 0.325 e. The third kappa shape index (κ3) is 7.97. The summed E-state index contributed by atoms with van der Waals surface area (Å²) in [7, 11) is 4.96. The van der Waals surface area contributed by atoms with Crippen molar-refractivity contribution in [3.63, 3.8) is 0 Å². The number of aryl methyl sites for hydroxylation is 1. The molecule has 58 heavy (non-hydrogen) atoms. The molecule has 2 aromatic heterocycles. The second-order valence-electron chi connectivity index (χ2n) is 14.3. The van der Waals surface area contributed by atoms with Gasteiger partial charge in [-0.05, 0) is 56.6 Å². The third-order valence-electron chi connectivity index (χ3n) is 10.2. The smallest absolute Gasteiger partial charge is 0.325 e. The van der Waals surface area contributed by atoms with Crippen LogP contribution in [0.25, 0.3) is 22.5 Å². The maximum absolute atomic E-state index is 14.2. The molecule has 0 atom stereocenters. The van der Waals surface area contributed by atoms with E-state index in [9.17, 15) is 9.59 Å². The molecular weight excluding hydrogens is 725 g/mol. The molecule has 0 spiro atoms. The first-order chi connectivity index (χ1) is 28.3. The fourth-order valence-electron chi connectivity index (χ4n) is 7.38. The summed E-state index contributed by atoms with van der Waals surface area (Å²) in [6.07, 6.45) is 4.30. The third-order valence-corrected chi connectivity index (χ3v) is 10.2. The number of rotatable bonds is 15. The normalized spacial score (nSPS) is 11.5. The SMILES string of the molecule is CCCCc1nc(N=CN(C)C)n(CC(=O)OC)c(=O)c1Cc1ccc(-c2ccccc2-c2nnnn2C(c2ccccc2)(c2ccccc2)c2ccccc2)cc1. The Labute approximate surface area is 338 Å². The zero-order valence-electron chi connectivity index (χ0n) is 33.2. The minimum absolute atomic E-state index is 0.170. The van der Waals surface area contributed by atoms with Crippen LogP contribution in [-0.2, 0) is 34.5 Å². The number of unbranched alkanes of at least 4 members (excludes halogenated alkanes) is 1. The number of carbonyl (C=O) groups is 1. The molecule has 7 aromatic rings. The van der Waals surface area contributed by atoms with E-state index in [1.165, 1.54) is 11.7 Å². The molecule has 0 amide bonds. The van der Waals surface area contributed by atoms with Gasteiger partial charge in [-0.3, -0.25) is 14.2 Å². The average molecular weight is 771 g/mol. The number of tetrazole rings is 1. The van der Waals surface area contributed by atoms with Crippen LogP contribution in [0.5, 0.6) is 0 Å². The zero-order chi connectivity index (χ0) is 40.5. The van der Waals surface area contributed by atoms with Crippen LogP contribution in [0.15, 0.2) is 149 Å². The molecule has 0 saturated heterocycles. The second-order valence-corrected chi connectivity index (χ2v) is 14.3. The van der Waals surface area contributed by atoms with E-state index in [-0.39, 0.29) is 18.1 Å². The lowest BCUT2D eigenvalue weighted by atomic mass is 9.77. The van der Waals surface area contributed by atoms with E-state index in [2.05, 4.69) is 71.7 Å². The molecule has 2 heterocycles. The van der Waals surface area contributed by atoms with Crippen LogP contribution in [0.3, 0.4) is 0 Å². The summed E-state index contributed by atoms with van der Waals surface area (Å²) < 4.78 is 8.16. The Hall–Kier alpha value is -7.01. The second kappa shape index (κ2) is 17.8. The standard InChI is InChI=1S/C47H46N8O3/c1-5-6-26-42-41(45(57)54(32-43(56)58-4)46(49-42)48-33-53(2)3)31-34-27-29-35(30-28-34)39-24-16-17-25-40(39)44-50-51-52-55(44)47(36-18-10-7-11-19-36,37-20-12-8-13-21-37)38-22-14-9-15-23-38/h7-25,27-30,33H,5-6,26,31-32H2,1-4H3. The molecule has 0 aliphatic heterocycles. The molecule has 0 aliphatic carbocycles. The molecule has 11 nitrogen and oxygen atoms in total. The highest BCUT2D eigenvalue weighted by Gasteiger charge is 2.42. The van der Waals surface area contributed by atoms with E-state index in [0.29, 0.717) is 29.9 Å². The minimum Gasteiger partial charge on any atom is -0.468 e. The Balaban J connectivity index is 1.31. The lowest BCUT2D eigenvalue weighted by Gasteiger charge is -2.36. The minimum atomic E-state index is -0.906. The van der Waals surface area contributed by atoms with Gasteiger partial charge in [0.05, 0.1) is 19.1 Å². The number of benzene rings is 5. The lowest BCUT2D eigenvalue weighted by Crippen LogP contribution is -2.39. The topological polar surface area (TPSA) is 120 Å². The molecule has 0 aliphatic rings. The first kappa shape index (κ1) is 39.2. The van der Waals surface area contributed by atoms with Gasteiger partial charge in [-0.1, -0.05) is 153 Å². The Bertz CT molecular complexity index is 2450. The largest absolute Gasteiger partial charge is 0.468 e. The highest BCUT2D eigenvalue weighted by molar-refractivity contribution is 5.81. The van der Waals surface area contributed by atoms with E-state index in [1.54, 1.807) is 11.2 Å². The molecule has 0 N–H and O–H groups in total. The number of aliphatic imine (C=N–C) groups is 1. The first-order valence-corrected chi connectivity index (χ1v) is 19.4.